The van der Waals surface area contributed by atoms with Crippen molar-refractivity contribution in [1.82, 2.24) is 9.80 Å². The Morgan fingerprint density at radius 3 is 2.27 bits per heavy atom. The fraction of sp³-hybridized carbons (Fsp3) is 0.667. The van der Waals surface area contributed by atoms with E-state index in [9.17, 15) is 14.4 Å². The Balaban J connectivity index is 2.84. The van der Waals surface area contributed by atoms with Crippen molar-refractivity contribution in [2.45, 2.75) is 26.3 Å². The molecule has 84 valence electrons. The zero-order valence-corrected chi connectivity index (χ0v) is 8.98. The number of carbonyl (C=O) groups excluding carboxylic acids is 2. The van der Waals surface area contributed by atoms with E-state index >= 15 is 0 Å². The molecule has 0 unspecified atom stereocenters. The molecule has 6 nitrogen and oxygen atoms in total. The van der Waals surface area contributed by atoms with Crippen molar-refractivity contribution in [3.8, 4) is 0 Å². The van der Waals surface area contributed by atoms with Gasteiger partial charge in [0.1, 0.15) is 13.1 Å². The predicted molar refractivity (Wildman–Crippen MR) is 51.2 cm³/mol. The highest BCUT2D eigenvalue weighted by atomic mass is 16.4. The van der Waals surface area contributed by atoms with E-state index < -0.39 is 24.1 Å². The summed E-state index contributed by atoms with van der Waals surface area (Å²) in [6, 6.07) is -0.532. The Hall–Kier alpha value is -1.59. The van der Waals surface area contributed by atoms with Crippen LogP contribution in [0.15, 0.2) is 0 Å². The molecular weight excluding hydrogens is 200 g/mol. The summed E-state index contributed by atoms with van der Waals surface area (Å²) >= 11 is 0. The Kier molecular flexibility index (Phi) is 2.70. The van der Waals surface area contributed by atoms with Gasteiger partial charge in [-0.15, -0.1) is 0 Å². The highest BCUT2D eigenvalue weighted by molar-refractivity contribution is 6.03. The number of rotatable bonds is 2. The summed E-state index contributed by atoms with van der Waals surface area (Å²) in [5.41, 5.74) is -0.610. The van der Waals surface area contributed by atoms with Gasteiger partial charge in [-0.2, -0.15) is 0 Å². The van der Waals surface area contributed by atoms with Gasteiger partial charge in [-0.1, -0.05) is 0 Å². The van der Waals surface area contributed by atoms with Gasteiger partial charge in [0.25, 0.3) is 5.91 Å². The maximum absolute atomic E-state index is 11.7. The van der Waals surface area contributed by atoms with Gasteiger partial charge in [-0.3, -0.25) is 14.5 Å². The minimum Gasteiger partial charge on any atom is -0.480 e. The number of carboxylic acid groups (broad SMARTS) is 1. The van der Waals surface area contributed by atoms with Crippen LogP contribution in [0, 0.1) is 0 Å². The smallest absolute Gasteiger partial charge is 0.328 e. The Morgan fingerprint density at radius 2 is 1.93 bits per heavy atom. The number of nitrogens with zero attached hydrogens (tertiary/aromatic N) is 2. The van der Waals surface area contributed by atoms with Crippen LogP contribution in [0.1, 0.15) is 20.8 Å². The molecule has 3 amide bonds. The molecule has 0 aromatic rings. The number of carboxylic acids is 1. The summed E-state index contributed by atoms with van der Waals surface area (Å²) < 4.78 is 0. The van der Waals surface area contributed by atoms with Crippen molar-refractivity contribution in [1.29, 1.82) is 0 Å². The van der Waals surface area contributed by atoms with Crippen molar-refractivity contribution in [3.63, 3.8) is 0 Å². The minimum atomic E-state index is -1.12. The third-order valence-corrected chi connectivity index (χ3v) is 2.03. The quantitative estimate of drug-likeness (QED) is 0.663. The lowest BCUT2D eigenvalue weighted by molar-refractivity contribution is -0.137. The second kappa shape index (κ2) is 3.52. The van der Waals surface area contributed by atoms with Gasteiger partial charge < -0.3 is 10.0 Å². The first-order valence-corrected chi connectivity index (χ1v) is 4.57. The first-order valence-electron chi connectivity index (χ1n) is 4.57. The van der Waals surface area contributed by atoms with E-state index in [1.54, 1.807) is 20.8 Å². The molecule has 1 N–H and O–H groups in total. The van der Waals surface area contributed by atoms with Gasteiger partial charge in [0.05, 0.1) is 0 Å². The lowest BCUT2D eigenvalue weighted by Crippen LogP contribution is -2.46. The lowest BCUT2D eigenvalue weighted by atomic mass is 10.1. The molecular formula is C9H14N2O4. The number of hydrogen-bond donors (Lipinski definition) is 1. The molecule has 1 aliphatic heterocycles. The molecule has 0 saturated carbocycles. The second-order valence-corrected chi connectivity index (χ2v) is 4.43. The van der Waals surface area contributed by atoms with Crippen molar-refractivity contribution >= 4 is 17.9 Å². The van der Waals surface area contributed by atoms with Crippen molar-refractivity contribution in [2.75, 3.05) is 13.1 Å². The molecule has 6 heteroatoms. The number of amides is 3. The zero-order valence-electron chi connectivity index (χ0n) is 8.98. The van der Waals surface area contributed by atoms with E-state index in [-0.39, 0.29) is 12.5 Å². The lowest BCUT2D eigenvalue weighted by Gasteiger charge is -2.29. The van der Waals surface area contributed by atoms with Crippen molar-refractivity contribution in [2.24, 2.45) is 0 Å². The molecule has 0 aliphatic carbocycles. The van der Waals surface area contributed by atoms with Crippen LogP contribution >= 0.6 is 0 Å². The molecule has 1 heterocycles. The summed E-state index contributed by atoms with van der Waals surface area (Å²) in [7, 11) is 0. The van der Waals surface area contributed by atoms with Gasteiger partial charge in [-0.05, 0) is 20.8 Å². The van der Waals surface area contributed by atoms with Crippen LogP contribution in [-0.2, 0) is 9.59 Å². The molecule has 0 radical (unpaired) electrons. The van der Waals surface area contributed by atoms with Crippen molar-refractivity contribution in [3.05, 3.63) is 0 Å². The van der Waals surface area contributed by atoms with Crippen LogP contribution in [0.4, 0.5) is 4.79 Å². The first-order chi connectivity index (χ1) is 6.73. The number of imide groups is 1. The van der Waals surface area contributed by atoms with Crippen LogP contribution in [0.3, 0.4) is 0 Å². The molecule has 0 aromatic heterocycles. The van der Waals surface area contributed by atoms with Crippen LogP contribution in [0.5, 0.6) is 0 Å². The summed E-state index contributed by atoms with van der Waals surface area (Å²) in [5.74, 6) is -1.47. The summed E-state index contributed by atoms with van der Waals surface area (Å²) in [6.45, 7) is 4.60. The zero-order chi connectivity index (χ0) is 11.8. The van der Waals surface area contributed by atoms with Gasteiger partial charge in [0.2, 0.25) is 0 Å². The fourth-order valence-corrected chi connectivity index (χ4v) is 1.50. The number of aliphatic carboxylic acids is 1. The standard InChI is InChI=1S/C9H14N2O4/c1-9(2,3)11-6(12)4-10(8(11)15)5-7(13)14/h4-5H2,1-3H3,(H,13,14). The molecule has 0 spiro atoms. The summed E-state index contributed by atoms with van der Waals surface area (Å²) in [4.78, 5) is 35.7. The molecule has 1 rings (SSSR count). The Morgan fingerprint density at radius 1 is 1.40 bits per heavy atom. The average molecular weight is 214 g/mol. The van der Waals surface area contributed by atoms with E-state index in [1.807, 2.05) is 0 Å². The van der Waals surface area contributed by atoms with Gasteiger partial charge in [0, 0.05) is 5.54 Å². The predicted octanol–water partition coefficient (Wildman–Crippen LogP) is 0.134. The average Bonchev–Trinajstić information content (AvgIpc) is 2.23. The maximum atomic E-state index is 11.7. The van der Waals surface area contributed by atoms with Crippen LogP contribution in [0.2, 0.25) is 0 Å². The van der Waals surface area contributed by atoms with E-state index in [0.717, 1.165) is 9.80 Å². The molecule has 0 aromatic carbocycles. The summed E-state index contributed by atoms with van der Waals surface area (Å²) in [5, 5.41) is 8.54. The maximum Gasteiger partial charge on any atom is 0.328 e. The molecule has 0 bridgehead atoms. The van der Waals surface area contributed by atoms with Crippen LogP contribution < -0.4 is 0 Å². The largest absolute Gasteiger partial charge is 0.480 e. The SMILES string of the molecule is CC(C)(C)N1C(=O)CN(CC(=O)O)C1=O. The Labute approximate surface area is 87.5 Å². The number of urea groups is 1. The third-order valence-electron chi connectivity index (χ3n) is 2.03. The number of carbonyl (C=O) groups is 3. The van der Waals surface area contributed by atoms with Crippen LogP contribution in [-0.4, -0.2) is 51.4 Å². The van der Waals surface area contributed by atoms with Crippen LogP contribution in [0.25, 0.3) is 0 Å². The Bertz CT molecular complexity index is 319. The molecule has 1 fully saturated rings. The fourth-order valence-electron chi connectivity index (χ4n) is 1.50. The van der Waals surface area contributed by atoms with E-state index in [0.29, 0.717) is 0 Å². The highest BCUT2D eigenvalue weighted by Crippen LogP contribution is 2.21. The highest BCUT2D eigenvalue weighted by Gasteiger charge is 2.42. The first kappa shape index (κ1) is 11.5. The minimum absolute atomic E-state index is 0.150. The second-order valence-electron chi connectivity index (χ2n) is 4.43. The van der Waals surface area contributed by atoms with Gasteiger partial charge in [0.15, 0.2) is 0 Å². The van der Waals surface area contributed by atoms with Gasteiger partial charge >= 0.3 is 12.0 Å². The third kappa shape index (κ3) is 2.26. The van der Waals surface area contributed by atoms with Gasteiger partial charge in [-0.25, -0.2) is 4.79 Å². The molecule has 1 saturated heterocycles. The van der Waals surface area contributed by atoms with E-state index in [2.05, 4.69) is 0 Å². The molecule has 15 heavy (non-hydrogen) atoms. The molecule has 0 atom stereocenters. The number of hydrogen-bond acceptors (Lipinski definition) is 3. The monoisotopic (exact) mass is 214 g/mol. The topological polar surface area (TPSA) is 77.9 Å². The molecule has 1 aliphatic rings. The summed E-state index contributed by atoms with van der Waals surface area (Å²) in [6.07, 6.45) is 0. The normalized spacial score (nSPS) is 17.5. The van der Waals surface area contributed by atoms with E-state index in [4.69, 9.17) is 5.11 Å². The van der Waals surface area contributed by atoms with E-state index in [1.165, 1.54) is 0 Å². The van der Waals surface area contributed by atoms with Crippen molar-refractivity contribution < 1.29 is 19.5 Å².